The highest BCUT2D eigenvalue weighted by atomic mass is 127. The van der Waals surface area contributed by atoms with Crippen LogP contribution in [0.3, 0.4) is 0 Å². The van der Waals surface area contributed by atoms with E-state index in [1.54, 1.807) is 18.2 Å². The lowest BCUT2D eigenvalue weighted by atomic mass is 10.1. The van der Waals surface area contributed by atoms with Crippen LogP contribution in [0.25, 0.3) is 0 Å². The fourth-order valence-corrected chi connectivity index (χ4v) is 2.63. The average Bonchev–Trinajstić information content (AvgIpc) is 2.56. The number of amides is 2. The molecule has 0 aliphatic rings. The topological polar surface area (TPSA) is 95.5 Å². The van der Waals surface area contributed by atoms with Crippen LogP contribution < -0.4 is 10.6 Å². The van der Waals surface area contributed by atoms with E-state index in [2.05, 4.69) is 33.2 Å². The van der Waals surface area contributed by atoms with Crippen molar-refractivity contribution in [3.05, 3.63) is 63.2 Å². The molecule has 25 heavy (non-hydrogen) atoms. The number of benzene rings is 2. The van der Waals surface area contributed by atoms with E-state index in [9.17, 15) is 19.5 Å². The number of anilines is 1. The van der Waals surface area contributed by atoms with E-state index in [0.717, 1.165) is 9.13 Å². The molecule has 6 nitrogen and oxygen atoms in total. The van der Waals surface area contributed by atoms with Gasteiger partial charge in [-0.25, -0.2) is 4.79 Å². The molecule has 0 saturated carbocycles. The SMILES string of the molecule is CC(=O)Nc1ccccc1C(=O)N[C@@H](Cc1ccc(I)cc1)C(=O)O. The highest BCUT2D eigenvalue weighted by Gasteiger charge is 2.22. The number of halogens is 1. The van der Waals surface area contributed by atoms with Crippen molar-refractivity contribution in [2.75, 3.05) is 5.32 Å². The number of rotatable bonds is 6. The zero-order chi connectivity index (χ0) is 18.4. The lowest BCUT2D eigenvalue weighted by molar-refractivity contribution is -0.139. The smallest absolute Gasteiger partial charge is 0.326 e. The van der Waals surface area contributed by atoms with Gasteiger partial charge in [-0.05, 0) is 52.4 Å². The van der Waals surface area contributed by atoms with Gasteiger partial charge in [-0.3, -0.25) is 9.59 Å². The fourth-order valence-electron chi connectivity index (χ4n) is 2.27. The predicted octanol–water partition coefficient (Wildman–Crippen LogP) is 2.68. The Morgan fingerprint density at radius 1 is 1.08 bits per heavy atom. The van der Waals surface area contributed by atoms with Crippen LogP contribution in [0, 0.1) is 3.57 Å². The Hall–Kier alpha value is -2.42. The number of carboxylic acids is 1. The summed E-state index contributed by atoms with van der Waals surface area (Å²) in [6.07, 6.45) is 0.167. The molecule has 2 rings (SSSR count). The largest absolute Gasteiger partial charge is 0.480 e. The Morgan fingerprint density at radius 3 is 2.32 bits per heavy atom. The van der Waals surface area contributed by atoms with E-state index in [4.69, 9.17) is 0 Å². The van der Waals surface area contributed by atoms with Crippen LogP contribution in [0.1, 0.15) is 22.8 Å². The van der Waals surface area contributed by atoms with E-state index >= 15 is 0 Å². The van der Waals surface area contributed by atoms with Gasteiger partial charge in [-0.15, -0.1) is 0 Å². The summed E-state index contributed by atoms with van der Waals surface area (Å²) in [6.45, 7) is 1.34. The number of aliphatic carboxylic acids is 1. The third-order valence-electron chi connectivity index (χ3n) is 3.44. The Balaban J connectivity index is 2.17. The minimum Gasteiger partial charge on any atom is -0.480 e. The van der Waals surface area contributed by atoms with Gasteiger partial charge in [-0.2, -0.15) is 0 Å². The van der Waals surface area contributed by atoms with Crippen LogP contribution in [0.2, 0.25) is 0 Å². The summed E-state index contributed by atoms with van der Waals surface area (Å²) in [6, 6.07) is 12.8. The second kappa shape index (κ2) is 8.61. The molecule has 0 spiro atoms. The number of para-hydroxylation sites is 1. The highest BCUT2D eigenvalue weighted by molar-refractivity contribution is 14.1. The highest BCUT2D eigenvalue weighted by Crippen LogP contribution is 2.16. The van der Waals surface area contributed by atoms with E-state index in [0.29, 0.717) is 5.69 Å². The van der Waals surface area contributed by atoms with Crippen molar-refractivity contribution >= 4 is 46.1 Å². The van der Waals surface area contributed by atoms with Crippen molar-refractivity contribution in [3.63, 3.8) is 0 Å². The summed E-state index contributed by atoms with van der Waals surface area (Å²) in [4.78, 5) is 35.2. The van der Waals surface area contributed by atoms with Crippen molar-refractivity contribution in [1.29, 1.82) is 0 Å². The fraction of sp³-hybridized carbons (Fsp3) is 0.167. The van der Waals surface area contributed by atoms with Gasteiger partial charge >= 0.3 is 5.97 Å². The van der Waals surface area contributed by atoms with Crippen molar-refractivity contribution in [2.24, 2.45) is 0 Å². The predicted molar refractivity (Wildman–Crippen MR) is 102 cm³/mol. The Bertz CT molecular complexity index is 790. The zero-order valence-electron chi connectivity index (χ0n) is 13.5. The van der Waals surface area contributed by atoms with Gasteiger partial charge in [0.1, 0.15) is 6.04 Å². The average molecular weight is 452 g/mol. The number of nitrogens with one attached hydrogen (secondary N) is 2. The van der Waals surface area contributed by atoms with Crippen LogP contribution in [-0.2, 0) is 16.0 Å². The summed E-state index contributed by atoms with van der Waals surface area (Å²) >= 11 is 2.16. The molecule has 0 heterocycles. The van der Waals surface area contributed by atoms with Crippen LogP contribution in [0.5, 0.6) is 0 Å². The molecule has 0 unspecified atom stereocenters. The third-order valence-corrected chi connectivity index (χ3v) is 4.16. The van der Waals surface area contributed by atoms with Crippen LogP contribution >= 0.6 is 22.6 Å². The second-order valence-electron chi connectivity index (χ2n) is 5.42. The summed E-state index contributed by atoms with van der Waals surface area (Å²) < 4.78 is 1.04. The molecule has 7 heteroatoms. The Labute approximate surface area is 158 Å². The second-order valence-corrected chi connectivity index (χ2v) is 6.67. The molecule has 3 N–H and O–H groups in total. The standard InChI is InChI=1S/C18H17IN2O4/c1-11(22)20-15-5-3-2-4-14(15)17(23)21-16(18(24)25)10-12-6-8-13(19)9-7-12/h2-9,16H,10H2,1H3,(H,20,22)(H,21,23)(H,24,25)/t16-/m0/s1. The number of hydrogen-bond donors (Lipinski definition) is 3. The number of carbonyl (C=O) groups excluding carboxylic acids is 2. The minimum absolute atomic E-state index is 0.167. The molecule has 0 radical (unpaired) electrons. The monoisotopic (exact) mass is 452 g/mol. The molecule has 0 saturated heterocycles. The Kier molecular flexibility index (Phi) is 6.51. The van der Waals surface area contributed by atoms with Crippen LogP contribution in [-0.4, -0.2) is 28.9 Å². The van der Waals surface area contributed by atoms with Crippen LogP contribution in [0.15, 0.2) is 48.5 Å². The molecule has 1 atom stereocenters. The van der Waals surface area contributed by atoms with Gasteiger partial charge < -0.3 is 15.7 Å². The maximum atomic E-state index is 12.5. The molecule has 2 aromatic carbocycles. The first kappa shape index (κ1) is 18.9. The summed E-state index contributed by atoms with van der Waals surface area (Å²) in [7, 11) is 0. The molecular formula is C18H17IN2O4. The van der Waals surface area contributed by atoms with E-state index < -0.39 is 17.9 Å². The molecule has 0 fully saturated rings. The molecular weight excluding hydrogens is 435 g/mol. The van der Waals surface area contributed by atoms with E-state index in [1.807, 2.05) is 24.3 Å². The molecule has 0 aliphatic carbocycles. The first-order chi connectivity index (χ1) is 11.9. The van der Waals surface area contributed by atoms with Gasteiger partial charge in [0, 0.05) is 16.9 Å². The number of carboxylic acid groups (broad SMARTS) is 1. The van der Waals surface area contributed by atoms with E-state index in [1.165, 1.54) is 13.0 Å². The normalized spacial score (nSPS) is 11.4. The summed E-state index contributed by atoms with van der Waals surface area (Å²) in [5.41, 5.74) is 1.36. The van der Waals surface area contributed by atoms with Crippen molar-refractivity contribution < 1.29 is 19.5 Å². The first-order valence-electron chi connectivity index (χ1n) is 7.51. The van der Waals surface area contributed by atoms with Gasteiger partial charge in [0.2, 0.25) is 5.91 Å². The lowest BCUT2D eigenvalue weighted by Crippen LogP contribution is -2.42. The molecule has 2 amide bonds. The summed E-state index contributed by atoms with van der Waals surface area (Å²) in [5, 5.41) is 14.5. The molecule has 0 aromatic heterocycles. The molecule has 130 valence electrons. The maximum absolute atomic E-state index is 12.5. The van der Waals surface area contributed by atoms with Gasteiger partial charge in [-0.1, -0.05) is 24.3 Å². The summed E-state index contributed by atoms with van der Waals surface area (Å²) in [5.74, 6) is -1.99. The van der Waals surface area contributed by atoms with Gasteiger partial charge in [0.15, 0.2) is 0 Å². The lowest BCUT2D eigenvalue weighted by Gasteiger charge is -2.16. The quantitative estimate of drug-likeness (QED) is 0.588. The van der Waals surface area contributed by atoms with E-state index in [-0.39, 0.29) is 17.9 Å². The first-order valence-corrected chi connectivity index (χ1v) is 8.59. The number of carbonyl (C=O) groups is 3. The third kappa shape index (κ3) is 5.56. The Morgan fingerprint density at radius 2 is 1.72 bits per heavy atom. The van der Waals surface area contributed by atoms with Crippen molar-refractivity contribution in [2.45, 2.75) is 19.4 Å². The molecule has 0 bridgehead atoms. The van der Waals surface area contributed by atoms with Crippen molar-refractivity contribution in [1.82, 2.24) is 5.32 Å². The van der Waals surface area contributed by atoms with Gasteiger partial charge in [0.25, 0.3) is 5.91 Å². The maximum Gasteiger partial charge on any atom is 0.326 e. The van der Waals surface area contributed by atoms with Gasteiger partial charge in [0.05, 0.1) is 11.3 Å². The number of hydrogen-bond acceptors (Lipinski definition) is 3. The zero-order valence-corrected chi connectivity index (χ0v) is 15.6. The van der Waals surface area contributed by atoms with Crippen molar-refractivity contribution in [3.8, 4) is 0 Å². The minimum atomic E-state index is -1.12. The molecule has 2 aromatic rings. The van der Waals surface area contributed by atoms with Crippen LogP contribution in [0.4, 0.5) is 5.69 Å². The molecule has 0 aliphatic heterocycles.